The zero-order chi connectivity index (χ0) is 14.2. The lowest BCUT2D eigenvalue weighted by atomic mass is 9.97. The van der Waals surface area contributed by atoms with Gasteiger partial charge in [-0.05, 0) is 57.9 Å². The number of amides is 1. The molecule has 0 atom stereocenters. The van der Waals surface area contributed by atoms with Crippen LogP contribution >= 0.6 is 0 Å². The summed E-state index contributed by atoms with van der Waals surface area (Å²) in [5.74, 6) is 0.873. The number of carbonyl (C=O) groups is 1. The topological polar surface area (TPSA) is 47.6 Å². The first kappa shape index (κ1) is 15.7. The minimum Gasteiger partial charge on any atom is -0.355 e. The van der Waals surface area contributed by atoms with Crippen LogP contribution in [0.15, 0.2) is 0 Å². The van der Waals surface area contributed by atoms with E-state index in [0.29, 0.717) is 12.5 Å². The molecule has 2 heterocycles. The molecule has 5 nitrogen and oxygen atoms in total. The number of nitrogens with one attached hydrogen (secondary N) is 2. The average Bonchev–Trinajstić information content (AvgIpc) is 2.74. The van der Waals surface area contributed by atoms with Gasteiger partial charge in [0.2, 0.25) is 5.91 Å². The molecule has 0 radical (unpaired) electrons. The van der Waals surface area contributed by atoms with Crippen molar-refractivity contribution < 1.29 is 4.79 Å². The number of carbonyl (C=O) groups excluding carboxylic acids is 1. The standard InChI is InChI=1S/C15H30N4O/c1-2-18-9-4-14(5-10-18)12-17-15(20)13-19-8-3-6-16-7-11-19/h14,16H,2-13H2,1H3,(H,17,20). The zero-order valence-electron chi connectivity index (χ0n) is 12.9. The van der Waals surface area contributed by atoms with Crippen molar-refractivity contribution in [2.45, 2.75) is 26.2 Å². The second-order valence-electron chi connectivity index (χ2n) is 6.06. The summed E-state index contributed by atoms with van der Waals surface area (Å²) in [6, 6.07) is 0. The Morgan fingerprint density at radius 2 is 1.95 bits per heavy atom. The molecule has 5 heteroatoms. The highest BCUT2D eigenvalue weighted by Crippen LogP contribution is 2.15. The fraction of sp³-hybridized carbons (Fsp3) is 0.933. The highest BCUT2D eigenvalue weighted by atomic mass is 16.2. The van der Waals surface area contributed by atoms with E-state index in [4.69, 9.17) is 0 Å². The maximum atomic E-state index is 12.0. The average molecular weight is 282 g/mol. The van der Waals surface area contributed by atoms with Gasteiger partial charge in [0.15, 0.2) is 0 Å². The minimum absolute atomic E-state index is 0.199. The van der Waals surface area contributed by atoms with E-state index in [1.165, 1.54) is 25.9 Å². The van der Waals surface area contributed by atoms with Crippen molar-refractivity contribution in [1.29, 1.82) is 0 Å². The van der Waals surface area contributed by atoms with Gasteiger partial charge in [-0.3, -0.25) is 9.69 Å². The second kappa shape index (κ2) is 8.60. The van der Waals surface area contributed by atoms with Crippen LogP contribution in [0.25, 0.3) is 0 Å². The Labute approximate surface area is 123 Å². The predicted octanol–water partition coefficient (Wildman–Crippen LogP) is 0.130. The Bertz CT molecular complexity index is 282. The molecule has 0 aromatic rings. The number of hydrogen-bond acceptors (Lipinski definition) is 4. The van der Waals surface area contributed by atoms with E-state index in [1.54, 1.807) is 0 Å². The minimum atomic E-state index is 0.199. The smallest absolute Gasteiger partial charge is 0.234 e. The molecule has 0 spiro atoms. The second-order valence-corrected chi connectivity index (χ2v) is 6.06. The van der Waals surface area contributed by atoms with Gasteiger partial charge >= 0.3 is 0 Å². The van der Waals surface area contributed by atoms with Crippen molar-refractivity contribution >= 4 is 5.91 Å². The van der Waals surface area contributed by atoms with Gasteiger partial charge in [-0.15, -0.1) is 0 Å². The lowest BCUT2D eigenvalue weighted by Crippen LogP contribution is -2.42. The first-order chi connectivity index (χ1) is 9.78. The first-order valence-electron chi connectivity index (χ1n) is 8.20. The van der Waals surface area contributed by atoms with Gasteiger partial charge < -0.3 is 15.5 Å². The molecule has 20 heavy (non-hydrogen) atoms. The number of rotatable bonds is 5. The lowest BCUT2D eigenvalue weighted by molar-refractivity contribution is -0.122. The van der Waals surface area contributed by atoms with Crippen molar-refractivity contribution in [2.24, 2.45) is 5.92 Å². The van der Waals surface area contributed by atoms with Crippen LogP contribution in [0, 0.1) is 5.92 Å². The van der Waals surface area contributed by atoms with Crippen molar-refractivity contribution in [3.63, 3.8) is 0 Å². The summed E-state index contributed by atoms with van der Waals surface area (Å²) in [4.78, 5) is 16.8. The van der Waals surface area contributed by atoms with Crippen LogP contribution in [-0.4, -0.2) is 74.6 Å². The SMILES string of the molecule is CCN1CCC(CNC(=O)CN2CCCNCC2)CC1. The summed E-state index contributed by atoms with van der Waals surface area (Å²) in [5, 5.41) is 6.50. The Balaban J connectivity index is 1.60. The van der Waals surface area contributed by atoms with Crippen molar-refractivity contribution in [2.75, 3.05) is 58.9 Å². The molecule has 2 fully saturated rings. The summed E-state index contributed by atoms with van der Waals surface area (Å²) in [7, 11) is 0. The number of hydrogen-bond donors (Lipinski definition) is 2. The Hall–Kier alpha value is -0.650. The monoisotopic (exact) mass is 282 g/mol. The van der Waals surface area contributed by atoms with Gasteiger partial charge in [-0.2, -0.15) is 0 Å². The maximum absolute atomic E-state index is 12.0. The van der Waals surface area contributed by atoms with Crippen LogP contribution in [0.5, 0.6) is 0 Å². The van der Waals surface area contributed by atoms with Gasteiger partial charge in [-0.1, -0.05) is 6.92 Å². The molecule has 0 aromatic heterocycles. The zero-order valence-corrected chi connectivity index (χ0v) is 12.9. The van der Waals surface area contributed by atoms with Crippen molar-refractivity contribution in [1.82, 2.24) is 20.4 Å². The first-order valence-corrected chi connectivity index (χ1v) is 8.20. The fourth-order valence-corrected chi connectivity index (χ4v) is 3.08. The summed E-state index contributed by atoms with van der Waals surface area (Å²) in [5.41, 5.74) is 0. The molecule has 0 unspecified atom stereocenters. The normalized spacial score (nSPS) is 23.4. The number of nitrogens with zero attached hydrogens (tertiary/aromatic N) is 2. The molecule has 0 aromatic carbocycles. The molecule has 2 saturated heterocycles. The summed E-state index contributed by atoms with van der Waals surface area (Å²) >= 11 is 0. The molecule has 1 amide bonds. The molecule has 0 saturated carbocycles. The molecule has 2 rings (SSSR count). The van der Waals surface area contributed by atoms with Gasteiger partial charge in [0.25, 0.3) is 0 Å². The van der Waals surface area contributed by atoms with E-state index in [-0.39, 0.29) is 5.91 Å². The van der Waals surface area contributed by atoms with Gasteiger partial charge in [0.1, 0.15) is 0 Å². The molecule has 2 N–H and O–H groups in total. The molecular weight excluding hydrogens is 252 g/mol. The van der Waals surface area contributed by atoms with Crippen molar-refractivity contribution in [3.8, 4) is 0 Å². The third kappa shape index (κ3) is 5.38. The van der Waals surface area contributed by atoms with Crippen LogP contribution in [0.2, 0.25) is 0 Å². The maximum Gasteiger partial charge on any atom is 0.234 e. The third-order valence-corrected chi connectivity index (χ3v) is 4.54. The number of piperidine rings is 1. The van der Waals surface area contributed by atoms with E-state index in [0.717, 1.165) is 45.7 Å². The van der Waals surface area contributed by atoms with E-state index in [2.05, 4.69) is 27.4 Å². The van der Waals surface area contributed by atoms with Crippen LogP contribution in [0.4, 0.5) is 0 Å². The number of likely N-dealkylation sites (tertiary alicyclic amines) is 1. The van der Waals surface area contributed by atoms with Crippen LogP contribution in [0.3, 0.4) is 0 Å². The molecular formula is C15H30N4O. The highest BCUT2D eigenvalue weighted by molar-refractivity contribution is 5.78. The van der Waals surface area contributed by atoms with Crippen LogP contribution < -0.4 is 10.6 Å². The van der Waals surface area contributed by atoms with E-state index >= 15 is 0 Å². The fourth-order valence-electron chi connectivity index (χ4n) is 3.08. The molecule has 0 aliphatic carbocycles. The summed E-state index contributed by atoms with van der Waals surface area (Å²) in [6.45, 7) is 11.3. The Morgan fingerprint density at radius 1 is 1.15 bits per heavy atom. The molecule has 116 valence electrons. The van der Waals surface area contributed by atoms with Gasteiger partial charge in [0.05, 0.1) is 6.54 Å². The largest absolute Gasteiger partial charge is 0.355 e. The molecule has 2 aliphatic rings. The molecule has 2 aliphatic heterocycles. The van der Waals surface area contributed by atoms with Crippen LogP contribution in [-0.2, 0) is 4.79 Å². The summed E-state index contributed by atoms with van der Waals surface area (Å²) in [6.07, 6.45) is 3.59. The Morgan fingerprint density at radius 3 is 2.70 bits per heavy atom. The molecule has 0 bridgehead atoms. The highest BCUT2D eigenvalue weighted by Gasteiger charge is 2.19. The van der Waals surface area contributed by atoms with Crippen LogP contribution in [0.1, 0.15) is 26.2 Å². The van der Waals surface area contributed by atoms with Crippen molar-refractivity contribution in [3.05, 3.63) is 0 Å². The van der Waals surface area contributed by atoms with Gasteiger partial charge in [-0.25, -0.2) is 0 Å². The van der Waals surface area contributed by atoms with E-state index in [1.807, 2.05) is 0 Å². The third-order valence-electron chi connectivity index (χ3n) is 4.54. The van der Waals surface area contributed by atoms with E-state index < -0.39 is 0 Å². The summed E-state index contributed by atoms with van der Waals surface area (Å²) < 4.78 is 0. The predicted molar refractivity (Wildman–Crippen MR) is 81.8 cm³/mol. The van der Waals surface area contributed by atoms with Gasteiger partial charge in [0, 0.05) is 19.6 Å². The Kier molecular flexibility index (Phi) is 6.76. The quantitative estimate of drug-likeness (QED) is 0.752. The van der Waals surface area contributed by atoms with E-state index in [9.17, 15) is 4.79 Å². The lowest BCUT2D eigenvalue weighted by Gasteiger charge is -2.31.